The van der Waals surface area contributed by atoms with E-state index in [1.165, 1.54) is 12.1 Å². The van der Waals surface area contributed by atoms with E-state index < -0.39 is 5.91 Å². The van der Waals surface area contributed by atoms with E-state index in [2.05, 4.69) is 10.6 Å². The normalized spacial score (nSPS) is 12.6. The van der Waals surface area contributed by atoms with E-state index >= 15 is 0 Å². The van der Waals surface area contributed by atoms with Crippen LogP contribution in [-0.2, 0) is 6.42 Å². The van der Waals surface area contributed by atoms with Gasteiger partial charge in [-0.25, -0.2) is 0 Å². The van der Waals surface area contributed by atoms with Gasteiger partial charge < -0.3 is 20.8 Å². The highest BCUT2D eigenvalue weighted by molar-refractivity contribution is 6.06. The molecule has 0 aromatic heterocycles. The van der Waals surface area contributed by atoms with Gasteiger partial charge in [-0.2, -0.15) is 0 Å². The van der Waals surface area contributed by atoms with E-state index in [-0.39, 0.29) is 17.1 Å². The molecule has 20 heavy (non-hydrogen) atoms. The number of hydrogen-bond donors (Lipinski definition) is 4. The number of fused-ring (bicyclic) bond motifs is 1. The molecule has 0 atom stereocenters. The van der Waals surface area contributed by atoms with E-state index in [0.717, 1.165) is 30.3 Å². The number of benzene rings is 2. The van der Waals surface area contributed by atoms with Crippen LogP contribution < -0.4 is 10.6 Å². The molecule has 102 valence electrons. The van der Waals surface area contributed by atoms with Gasteiger partial charge in [0.25, 0.3) is 5.91 Å². The summed E-state index contributed by atoms with van der Waals surface area (Å²) < 4.78 is 0. The van der Waals surface area contributed by atoms with E-state index in [1.807, 2.05) is 18.2 Å². The van der Waals surface area contributed by atoms with Crippen LogP contribution in [0.25, 0.3) is 0 Å². The Morgan fingerprint density at radius 1 is 1.15 bits per heavy atom. The molecule has 4 N–H and O–H groups in total. The van der Waals surface area contributed by atoms with Crippen molar-refractivity contribution in [2.45, 2.75) is 6.42 Å². The maximum Gasteiger partial charge on any atom is 0.259 e. The summed E-state index contributed by atoms with van der Waals surface area (Å²) in [5.41, 5.74) is 3.07. The zero-order valence-corrected chi connectivity index (χ0v) is 10.7. The highest BCUT2D eigenvalue weighted by Crippen LogP contribution is 2.27. The minimum atomic E-state index is -0.409. The van der Waals surface area contributed by atoms with Crippen LogP contribution in [0, 0.1) is 0 Å². The molecule has 2 aromatic rings. The second-order valence-electron chi connectivity index (χ2n) is 4.70. The number of phenols is 2. The molecule has 0 bridgehead atoms. The van der Waals surface area contributed by atoms with E-state index in [0.29, 0.717) is 5.69 Å². The Labute approximate surface area is 115 Å². The molecular weight excluding hydrogens is 256 g/mol. The van der Waals surface area contributed by atoms with Gasteiger partial charge in [-0.3, -0.25) is 4.79 Å². The molecule has 0 unspecified atom stereocenters. The monoisotopic (exact) mass is 270 g/mol. The number of nitrogens with one attached hydrogen (secondary N) is 2. The molecule has 5 heteroatoms. The van der Waals surface area contributed by atoms with Gasteiger partial charge in [0.2, 0.25) is 0 Å². The number of carbonyl (C=O) groups is 1. The van der Waals surface area contributed by atoms with Crippen molar-refractivity contribution in [3.05, 3.63) is 47.5 Å². The first-order chi connectivity index (χ1) is 9.63. The molecule has 0 spiro atoms. The molecule has 1 amide bonds. The number of carbonyl (C=O) groups excluding carboxylic acids is 1. The second-order valence-corrected chi connectivity index (χ2v) is 4.70. The second kappa shape index (κ2) is 4.77. The van der Waals surface area contributed by atoms with Crippen LogP contribution in [-0.4, -0.2) is 22.7 Å². The summed E-state index contributed by atoms with van der Waals surface area (Å²) in [5, 5.41) is 24.9. The topological polar surface area (TPSA) is 81.6 Å². The van der Waals surface area contributed by atoms with Crippen molar-refractivity contribution >= 4 is 17.3 Å². The SMILES string of the molecule is O=C(Nc1ccc2c(c1)CCN2)c1ccc(O)cc1O. The van der Waals surface area contributed by atoms with Gasteiger partial charge in [0.05, 0.1) is 5.56 Å². The van der Waals surface area contributed by atoms with Crippen molar-refractivity contribution in [3.63, 3.8) is 0 Å². The number of hydrogen-bond acceptors (Lipinski definition) is 4. The Morgan fingerprint density at radius 3 is 2.80 bits per heavy atom. The summed E-state index contributed by atoms with van der Waals surface area (Å²) in [6.07, 6.45) is 0.934. The van der Waals surface area contributed by atoms with Gasteiger partial charge >= 0.3 is 0 Å². The Balaban J connectivity index is 1.82. The van der Waals surface area contributed by atoms with Crippen molar-refractivity contribution in [2.75, 3.05) is 17.2 Å². The average molecular weight is 270 g/mol. The Bertz CT molecular complexity index is 683. The summed E-state index contributed by atoms with van der Waals surface area (Å²) in [5.74, 6) is -0.735. The third-order valence-electron chi connectivity index (χ3n) is 3.30. The summed E-state index contributed by atoms with van der Waals surface area (Å²) >= 11 is 0. The quantitative estimate of drug-likeness (QED) is 0.675. The molecule has 0 radical (unpaired) electrons. The summed E-state index contributed by atoms with van der Waals surface area (Å²) in [6.45, 7) is 0.908. The highest BCUT2D eigenvalue weighted by atomic mass is 16.3. The number of phenolic OH excluding ortho intramolecular Hbond substituents is 2. The molecule has 2 aromatic carbocycles. The first-order valence-electron chi connectivity index (χ1n) is 6.33. The molecule has 0 aliphatic carbocycles. The molecule has 0 saturated heterocycles. The lowest BCUT2D eigenvalue weighted by Gasteiger charge is -2.08. The van der Waals surface area contributed by atoms with E-state index in [4.69, 9.17) is 0 Å². The predicted molar refractivity (Wildman–Crippen MR) is 76.4 cm³/mol. The van der Waals surface area contributed by atoms with Crippen molar-refractivity contribution in [2.24, 2.45) is 0 Å². The number of anilines is 2. The maximum absolute atomic E-state index is 12.1. The minimum Gasteiger partial charge on any atom is -0.508 e. The Hall–Kier alpha value is -2.69. The summed E-state index contributed by atoms with van der Waals surface area (Å²) in [6, 6.07) is 9.55. The van der Waals surface area contributed by atoms with Crippen LogP contribution in [0.1, 0.15) is 15.9 Å². The van der Waals surface area contributed by atoms with Crippen LogP contribution in [0.5, 0.6) is 11.5 Å². The number of amides is 1. The van der Waals surface area contributed by atoms with Gasteiger partial charge in [-0.15, -0.1) is 0 Å². The first-order valence-corrected chi connectivity index (χ1v) is 6.33. The third kappa shape index (κ3) is 2.25. The molecule has 3 rings (SSSR count). The summed E-state index contributed by atoms with van der Waals surface area (Å²) in [7, 11) is 0. The van der Waals surface area contributed by atoms with Crippen LogP contribution in [0.3, 0.4) is 0 Å². The Kier molecular flexibility index (Phi) is 2.95. The Morgan fingerprint density at radius 2 is 2.00 bits per heavy atom. The fourth-order valence-corrected chi connectivity index (χ4v) is 2.29. The van der Waals surface area contributed by atoms with Crippen LogP contribution in [0.15, 0.2) is 36.4 Å². The van der Waals surface area contributed by atoms with Crippen molar-refractivity contribution in [1.29, 1.82) is 0 Å². The van der Waals surface area contributed by atoms with Gasteiger partial charge in [-0.05, 0) is 42.3 Å². The molecule has 1 aliphatic rings. The fraction of sp³-hybridized carbons (Fsp3) is 0.133. The zero-order valence-electron chi connectivity index (χ0n) is 10.7. The first kappa shape index (κ1) is 12.3. The lowest BCUT2D eigenvalue weighted by atomic mass is 10.1. The number of aromatic hydroxyl groups is 2. The van der Waals surface area contributed by atoms with Crippen LogP contribution in [0.2, 0.25) is 0 Å². The largest absolute Gasteiger partial charge is 0.508 e. The van der Waals surface area contributed by atoms with Gasteiger partial charge in [0.1, 0.15) is 11.5 Å². The molecule has 0 fully saturated rings. The molecular formula is C15H14N2O3. The third-order valence-corrected chi connectivity index (χ3v) is 3.30. The van der Waals surface area contributed by atoms with E-state index in [9.17, 15) is 15.0 Å². The predicted octanol–water partition coefficient (Wildman–Crippen LogP) is 2.32. The van der Waals surface area contributed by atoms with Gasteiger partial charge in [-0.1, -0.05) is 0 Å². The maximum atomic E-state index is 12.1. The van der Waals surface area contributed by atoms with Gasteiger partial charge in [0, 0.05) is 24.0 Å². The van der Waals surface area contributed by atoms with Crippen molar-refractivity contribution in [1.82, 2.24) is 0 Å². The van der Waals surface area contributed by atoms with Crippen LogP contribution in [0.4, 0.5) is 11.4 Å². The summed E-state index contributed by atoms with van der Waals surface area (Å²) in [4.78, 5) is 12.1. The smallest absolute Gasteiger partial charge is 0.259 e. The minimum absolute atomic E-state index is 0.0809. The zero-order chi connectivity index (χ0) is 14.1. The molecule has 5 nitrogen and oxygen atoms in total. The highest BCUT2D eigenvalue weighted by Gasteiger charge is 2.14. The number of rotatable bonds is 2. The van der Waals surface area contributed by atoms with Crippen molar-refractivity contribution in [3.8, 4) is 11.5 Å². The van der Waals surface area contributed by atoms with Crippen molar-refractivity contribution < 1.29 is 15.0 Å². The average Bonchev–Trinajstić information content (AvgIpc) is 2.85. The fourth-order valence-electron chi connectivity index (χ4n) is 2.29. The molecule has 1 aliphatic heterocycles. The van der Waals surface area contributed by atoms with Crippen LogP contribution >= 0.6 is 0 Å². The lowest BCUT2D eigenvalue weighted by Crippen LogP contribution is -2.12. The molecule has 1 heterocycles. The lowest BCUT2D eigenvalue weighted by molar-refractivity contribution is 0.102. The van der Waals surface area contributed by atoms with E-state index in [1.54, 1.807) is 0 Å². The van der Waals surface area contributed by atoms with Gasteiger partial charge in [0.15, 0.2) is 0 Å². The standard InChI is InChI=1S/C15H14N2O3/c18-11-2-3-12(14(19)8-11)15(20)17-10-1-4-13-9(7-10)5-6-16-13/h1-4,7-8,16,18-19H,5-6H2,(H,17,20). The molecule has 0 saturated carbocycles.